The summed E-state index contributed by atoms with van der Waals surface area (Å²) >= 11 is 0. The zero-order valence-electron chi connectivity index (χ0n) is 24.0. The number of rotatable bonds is 27. The molecule has 0 fully saturated rings. The van der Waals surface area contributed by atoms with Gasteiger partial charge in [-0.2, -0.15) is 0 Å². The first-order valence-corrected chi connectivity index (χ1v) is 15.2. The summed E-state index contributed by atoms with van der Waals surface area (Å²) in [5.74, 6) is -0.596. The number of nitrogens with one attached hydrogen (secondary N) is 1. The van der Waals surface area contributed by atoms with E-state index in [4.69, 9.17) is 9.47 Å². The van der Waals surface area contributed by atoms with Gasteiger partial charge in [0.05, 0.1) is 6.61 Å². The fourth-order valence-electron chi connectivity index (χ4n) is 4.28. The number of amides is 1. The molecule has 0 radical (unpaired) electrons. The summed E-state index contributed by atoms with van der Waals surface area (Å²) in [6.45, 7) is 4.12. The molecule has 2 N–H and O–H groups in total. The Morgan fingerprint density at radius 3 is 1.54 bits per heavy atom. The van der Waals surface area contributed by atoms with E-state index in [0.29, 0.717) is 12.8 Å². The lowest BCUT2D eigenvalue weighted by molar-refractivity contribution is -0.161. The fraction of sp³-hybridized carbons (Fsp3) is 0.900. The normalized spacial score (nSPS) is 11.8. The van der Waals surface area contributed by atoms with E-state index in [1.165, 1.54) is 70.6 Å². The van der Waals surface area contributed by atoms with E-state index >= 15 is 0 Å². The minimum atomic E-state index is -0.780. The summed E-state index contributed by atoms with van der Waals surface area (Å²) in [6, 6.07) is 0. The molecule has 0 aliphatic heterocycles. The summed E-state index contributed by atoms with van der Waals surface area (Å²) in [5, 5.41) is 12.3. The third-order valence-electron chi connectivity index (χ3n) is 6.60. The van der Waals surface area contributed by atoms with Gasteiger partial charge in [0, 0.05) is 26.3 Å². The van der Waals surface area contributed by atoms with Gasteiger partial charge >= 0.3 is 11.9 Å². The number of hydrogen-bond donors (Lipinski definition) is 2. The van der Waals surface area contributed by atoms with Gasteiger partial charge in [-0.1, -0.05) is 110 Å². The van der Waals surface area contributed by atoms with Crippen LogP contribution in [0.5, 0.6) is 0 Å². The van der Waals surface area contributed by atoms with E-state index in [1.807, 2.05) is 0 Å². The minimum Gasteiger partial charge on any atom is -0.462 e. The van der Waals surface area contributed by atoms with E-state index in [9.17, 15) is 19.5 Å². The molecule has 0 heterocycles. The predicted octanol–water partition coefficient (Wildman–Crippen LogP) is 6.78. The Hall–Kier alpha value is -1.63. The molecule has 1 amide bonds. The molecule has 0 aromatic carbocycles. The maximum atomic E-state index is 12.0. The Morgan fingerprint density at radius 1 is 0.649 bits per heavy atom. The minimum absolute atomic E-state index is 0.0374. The average Bonchev–Trinajstić information content (AvgIpc) is 2.88. The SMILES string of the molecule is CCCCCCCCCCCCC(=O)O[C@@H](CO)COC(=O)CCCCCCCCCCCNC(C)=O. The van der Waals surface area contributed by atoms with Crippen molar-refractivity contribution in [3.8, 4) is 0 Å². The first-order valence-electron chi connectivity index (χ1n) is 15.2. The molecule has 0 saturated heterocycles. The van der Waals surface area contributed by atoms with Crippen molar-refractivity contribution in [3.63, 3.8) is 0 Å². The molecular formula is C30H57NO6. The lowest BCUT2D eigenvalue weighted by Gasteiger charge is -2.15. The molecule has 218 valence electrons. The molecule has 0 aliphatic carbocycles. The van der Waals surface area contributed by atoms with E-state index in [1.54, 1.807) is 6.92 Å². The molecule has 0 unspecified atom stereocenters. The second-order valence-corrected chi connectivity index (χ2v) is 10.3. The molecule has 0 aliphatic rings. The average molecular weight is 528 g/mol. The quantitative estimate of drug-likeness (QED) is 0.0901. The number of carbonyl (C=O) groups excluding carboxylic acids is 3. The number of carbonyl (C=O) groups is 3. The molecule has 7 heteroatoms. The lowest BCUT2D eigenvalue weighted by atomic mass is 10.1. The van der Waals surface area contributed by atoms with E-state index < -0.39 is 6.10 Å². The van der Waals surface area contributed by atoms with Crippen LogP contribution in [0.2, 0.25) is 0 Å². The monoisotopic (exact) mass is 527 g/mol. The summed E-state index contributed by atoms with van der Waals surface area (Å²) in [5.41, 5.74) is 0. The van der Waals surface area contributed by atoms with Crippen molar-refractivity contribution in [2.75, 3.05) is 19.8 Å². The first-order chi connectivity index (χ1) is 18.0. The van der Waals surface area contributed by atoms with Crippen LogP contribution in [0.3, 0.4) is 0 Å². The van der Waals surface area contributed by atoms with Crippen LogP contribution in [0, 0.1) is 0 Å². The van der Waals surface area contributed by atoms with Crippen molar-refractivity contribution in [1.82, 2.24) is 5.32 Å². The van der Waals surface area contributed by atoms with Crippen LogP contribution in [-0.2, 0) is 23.9 Å². The van der Waals surface area contributed by atoms with Crippen LogP contribution >= 0.6 is 0 Å². The second kappa shape index (κ2) is 27.4. The fourth-order valence-corrected chi connectivity index (χ4v) is 4.28. The molecule has 7 nitrogen and oxygen atoms in total. The highest BCUT2D eigenvalue weighted by atomic mass is 16.6. The van der Waals surface area contributed by atoms with Gasteiger partial charge < -0.3 is 19.9 Å². The summed E-state index contributed by atoms with van der Waals surface area (Å²) in [7, 11) is 0. The molecule has 0 rings (SSSR count). The molecule has 1 atom stereocenters. The van der Waals surface area contributed by atoms with Crippen LogP contribution in [-0.4, -0.2) is 48.8 Å². The lowest BCUT2D eigenvalue weighted by Crippen LogP contribution is -2.28. The van der Waals surface area contributed by atoms with Crippen LogP contribution in [0.4, 0.5) is 0 Å². The Balaban J connectivity index is 3.57. The van der Waals surface area contributed by atoms with E-state index in [2.05, 4.69) is 12.2 Å². The van der Waals surface area contributed by atoms with Crippen molar-refractivity contribution in [2.45, 2.75) is 155 Å². The Labute approximate surface area is 226 Å². The zero-order valence-corrected chi connectivity index (χ0v) is 24.0. The molecular weight excluding hydrogens is 470 g/mol. The zero-order chi connectivity index (χ0) is 27.4. The largest absolute Gasteiger partial charge is 0.462 e. The van der Waals surface area contributed by atoms with Crippen molar-refractivity contribution in [3.05, 3.63) is 0 Å². The molecule has 0 bridgehead atoms. The molecule has 0 aromatic rings. The van der Waals surface area contributed by atoms with Crippen LogP contribution in [0.25, 0.3) is 0 Å². The number of hydrogen-bond acceptors (Lipinski definition) is 6. The maximum Gasteiger partial charge on any atom is 0.306 e. The maximum absolute atomic E-state index is 12.0. The van der Waals surface area contributed by atoms with Gasteiger partial charge in [0.15, 0.2) is 6.10 Å². The van der Waals surface area contributed by atoms with E-state index in [0.717, 1.165) is 57.9 Å². The summed E-state index contributed by atoms with van der Waals surface area (Å²) < 4.78 is 10.5. The number of ether oxygens (including phenoxy) is 2. The van der Waals surface area contributed by atoms with Gasteiger partial charge in [0.25, 0.3) is 0 Å². The molecule has 0 aromatic heterocycles. The van der Waals surface area contributed by atoms with Crippen molar-refractivity contribution >= 4 is 17.8 Å². The number of esters is 2. The van der Waals surface area contributed by atoms with Crippen LogP contribution in [0.1, 0.15) is 149 Å². The van der Waals surface area contributed by atoms with Gasteiger partial charge in [-0.05, 0) is 19.3 Å². The van der Waals surface area contributed by atoms with Gasteiger partial charge in [0.2, 0.25) is 5.91 Å². The first kappa shape index (κ1) is 35.4. The van der Waals surface area contributed by atoms with Crippen LogP contribution < -0.4 is 5.32 Å². The number of aliphatic hydroxyl groups excluding tert-OH is 1. The predicted molar refractivity (Wildman–Crippen MR) is 149 cm³/mol. The smallest absolute Gasteiger partial charge is 0.306 e. The van der Waals surface area contributed by atoms with Gasteiger partial charge in [0.1, 0.15) is 6.61 Å². The molecule has 0 saturated carbocycles. The number of aliphatic hydroxyl groups is 1. The van der Waals surface area contributed by atoms with E-state index in [-0.39, 0.29) is 31.1 Å². The van der Waals surface area contributed by atoms with Gasteiger partial charge in [-0.15, -0.1) is 0 Å². The third kappa shape index (κ3) is 27.2. The highest BCUT2D eigenvalue weighted by Crippen LogP contribution is 2.13. The van der Waals surface area contributed by atoms with Crippen molar-refractivity contribution < 1.29 is 29.0 Å². The molecule has 0 spiro atoms. The molecule has 37 heavy (non-hydrogen) atoms. The highest BCUT2D eigenvalue weighted by molar-refractivity contribution is 5.72. The van der Waals surface area contributed by atoms with Gasteiger partial charge in [-0.3, -0.25) is 14.4 Å². The number of unbranched alkanes of at least 4 members (excludes halogenated alkanes) is 17. The Kier molecular flexibility index (Phi) is 26.2. The third-order valence-corrected chi connectivity index (χ3v) is 6.60. The van der Waals surface area contributed by atoms with Crippen LogP contribution in [0.15, 0.2) is 0 Å². The topological polar surface area (TPSA) is 102 Å². The van der Waals surface area contributed by atoms with Crippen molar-refractivity contribution in [1.29, 1.82) is 0 Å². The highest BCUT2D eigenvalue weighted by Gasteiger charge is 2.16. The Morgan fingerprint density at radius 2 is 1.08 bits per heavy atom. The standard InChI is InChI=1S/C30H57NO6/c1-3-4-5-6-7-8-10-14-17-20-23-30(35)37-28(25-32)26-36-29(34)22-19-16-13-11-9-12-15-18-21-24-31-27(2)33/h28,32H,3-26H2,1-2H3,(H,31,33)/t28-/m0/s1. The summed E-state index contributed by atoms with van der Waals surface area (Å²) in [4.78, 5) is 34.7. The summed E-state index contributed by atoms with van der Waals surface area (Å²) in [6.07, 6.45) is 21.8. The van der Waals surface area contributed by atoms with Gasteiger partial charge in [-0.25, -0.2) is 0 Å². The second-order valence-electron chi connectivity index (χ2n) is 10.3. The van der Waals surface area contributed by atoms with Crippen molar-refractivity contribution in [2.24, 2.45) is 0 Å². The Bertz CT molecular complexity index is 554.